The summed E-state index contributed by atoms with van der Waals surface area (Å²) in [6, 6.07) is 15.6. The standard InChI is InChI=1S/C29H29N3O3S/c1-6-35-28(34)25-18(5)31-29-32(26(25)20-13-11-19(12-14-20)16(2)3)27(33)24(36-29)15-22-17(4)30-23-10-8-7-9-21(22)23/h7-16,26,30H,6H2,1-5H3/b24-15-/t26-/m0/s1. The fraction of sp³-hybridized carbons (Fsp3) is 0.276. The summed E-state index contributed by atoms with van der Waals surface area (Å²) >= 11 is 1.34. The van der Waals surface area contributed by atoms with Crippen molar-refractivity contribution in [3.05, 3.63) is 102 Å². The molecule has 2 aromatic carbocycles. The zero-order valence-electron chi connectivity index (χ0n) is 21.1. The van der Waals surface area contributed by atoms with Crippen LogP contribution >= 0.6 is 11.3 Å². The molecule has 4 aromatic rings. The number of fused-ring (bicyclic) bond motifs is 2. The van der Waals surface area contributed by atoms with Crippen LogP contribution in [0.4, 0.5) is 0 Å². The lowest BCUT2D eigenvalue weighted by Gasteiger charge is -2.25. The molecular formula is C29H29N3O3S. The van der Waals surface area contributed by atoms with E-state index in [-0.39, 0.29) is 12.2 Å². The van der Waals surface area contributed by atoms with Crippen LogP contribution in [0, 0.1) is 6.92 Å². The van der Waals surface area contributed by atoms with Crippen molar-refractivity contribution in [3.63, 3.8) is 0 Å². The average molecular weight is 500 g/mol. The number of ether oxygens (including phenoxy) is 1. The highest BCUT2D eigenvalue weighted by atomic mass is 32.1. The first-order chi connectivity index (χ1) is 17.3. The molecule has 1 N–H and O–H groups in total. The van der Waals surface area contributed by atoms with E-state index in [2.05, 4.69) is 36.0 Å². The van der Waals surface area contributed by atoms with Gasteiger partial charge in [0, 0.05) is 22.2 Å². The fourth-order valence-corrected chi connectivity index (χ4v) is 5.81. The summed E-state index contributed by atoms with van der Waals surface area (Å²) in [6.45, 7) is 10.1. The second-order valence-corrected chi connectivity index (χ2v) is 10.3. The fourth-order valence-electron chi connectivity index (χ4n) is 4.79. The molecule has 0 fully saturated rings. The maximum atomic E-state index is 13.9. The van der Waals surface area contributed by atoms with Crippen LogP contribution in [0.3, 0.4) is 0 Å². The van der Waals surface area contributed by atoms with E-state index >= 15 is 0 Å². The lowest BCUT2D eigenvalue weighted by atomic mass is 9.93. The molecule has 0 radical (unpaired) electrons. The van der Waals surface area contributed by atoms with Crippen molar-refractivity contribution in [1.82, 2.24) is 9.55 Å². The van der Waals surface area contributed by atoms with E-state index in [9.17, 15) is 9.59 Å². The van der Waals surface area contributed by atoms with Crippen LogP contribution < -0.4 is 14.9 Å². The molecule has 1 aliphatic heterocycles. The predicted octanol–water partition coefficient (Wildman–Crippen LogP) is 4.71. The Bertz CT molecular complexity index is 1680. The zero-order valence-corrected chi connectivity index (χ0v) is 21.9. The minimum Gasteiger partial charge on any atom is -0.463 e. The van der Waals surface area contributed by atoms with Crippen LogP contribution in [-0.2, 0) is 9.53 Å². The highest BCUT2D eigenvalue weighted by Gasteiger charge is 2.33. The van der Waals surface area contributed by atoms with Gasteiger partial charge in [0.2, 0.25) is 0 Å². The number of hydrogen-bond donors (Lipinski definition) is 1. The number of nitrogens with zero attached hydrogens (tertiary/aromatic N) is 2. The number of benzene rings is 2. The number of carbonyl (C=O) groups excluding carboxylic acids is 1. The van der Waals surface area contributed by atoms with Crippen molar-refractivity contribution >= 4 is 34.3 Å². The summed E-state index contributed by atoms with van der Waals surface area (Å²) in [7, 11) is 0. The molecule has 6 nitrogen and oxygen atoms in total. The molecule has 0 bridgehead atoms. The number of rotatable bonds is 5. The van der Waals surface area contributed by atoms with Crippen LogP contribution in [0.1, 0.15) is 62.0 Å². The summed E-state index contributed by atoms with van der Waals surface area (Å²) in [4.78, 5) is 35.6. The molecule has 2 aromatic heterocycles. The van der Waals surface area contributed by atoms with Gasteiger partial charge in [-0.2, -0.15) is 0 Å². The number of aromatic nitrogens is 2. The van der Waals surface area contributed by atoms with E-state index in [0.717, 1.165) is 27.7 Å². The number of para-hydroxylation sites is 1. The maximum absolute atomic E-state index is 13.9. The number of esters is 1. The number of carbonyl (C=O) groups is 1. The van der Waals surface area contributed by atoms with Gasteiger partial charge < -0.3 is 9.72 Å². The molecular weight excluding hydrogens is 470 g/mol. The average Bonchev–Trinajstić information content (AvgIpc) is 3.34. The van der Waals surface area contributed by atoms with E-state index < -0.39 is 12.0 Å². The van der Waals surface area contributed by atoms with Crippen LogP contribution in [0.2, 0.25) is 0 Å². The zero-order chi connectivity index (χ0) is 25.6. The maximum Gasteiger partial charge on any atom is 0.338 e. The van der Waals surface area contributed by atoms with Gasteiger partial charge >= 0.3 is 5.97 Å². The quantitative estimate of drug-likeness (QED) is 0.404. The molecule has 1 atom stereocenters. The van der Waals surface area contributed by atoms with E-state index in [1.807, 2.05) is 56.3 Å². The Hall–Kier alpha value is -3.71. The third-order valence-corrected chi connectivity index (χ3v) is 7.64. The minimum atomic E-state index is -0.604. The van der Waals surface area contributed by atoms with E-state index in [4.69, 9.17) is 4.74 Å². The van der Waals surface area contributed by atoms with Crippen molar-refractivity contribution in [2.75, 3.05) is 6.61 Å². The number of H-pyrrole nitrogens is 1. The number of aromatic amines is 1. The minimum absolute atomic E-state index is 0.171. The SMILES string of the molecule is CCOC(=O)C1=C(C)N=c2s/c(=C\c3c(C)[nH]c4ccccc34)c(=O)n2[C@H]1c1ccc(C(C)C)cc1. The lowest BCUT2D eigenvalue weighted by molar-refractivity contribution is -0.139. The number of hydrogen-bond acceptors (Lipinski definition) is 5. The monoisotopic (exact) mass is 499 g/mol. The molecule has 0 amide bonds. The van der Waals surface area contributed by atoms with Crippen molar-refractivity contribution in [2.24, 2.45) is 4.99 Å². The van der Waals surface area contributed by atoms with Crippen molar-refractivity contribution < 1.29 is 9.53 Å². The van der Waals surface area contributed by atoms with Crippen molar-refractivity contribution in [1.29, 1.82) is 0 Å². The Morgan fingerprint density at radius 3 is 2.58 bits per heavy atom. The summed E-state index contributed by atoms with van der Waals surface area (Å²) in [6.07, 6.45) is 1.93. The van der Waals surface area contributed by atoms with Crippen LogP contribution in [0.25, 0.3) is 17.0 Å². The summed E-state index contributed by atoms with van der Waals surface area (Å²) in [5.74, 6) is -0.0688. The third-order valence-electron chi connectivity index (χ3n) is 6.65. The van der Waals surface area contributed by atoms with Crippen molar-refractivity contribution in [3.8, 4) is 0 Å². The van der Waals surface area contributed by atoms with Crippen LogP contribution in [-0.4, -0.2) is 22.1 Å². The molecule has 36 heavy (non-hydrogen) atoms. The first kappa shape index (κ1) is 24.0. The Kier molecular flexibility index (Phi) is 6.26. The topological polar surface area (TPSA) is 76.4 Å². The molecule has 0 saturated carbocycles. The molecule has 0 saturated heterocycles. The highest BCUT2D eigenvalue weighted by molar-refractivity contribution is 7.07. The first-order valence-corrected chi connectivity index (χ1v) is 13.0. The number of allylic oxidation sites excluding steroid dienone is 1. The van der Waals surface area contributed by atoms with Crippen molar-refractivity contribution in [2.45, 2.75) is 46.6 Å². The summed E-state index contributed by atoms with van der Waals surface area (Å²) in [5.41, 5.74) is 5.85. The number of thiazole rings is 1. The lowest BCUT2D eigenvalue weighted by Crippen LogP contribution is -2.39. The molecule has 7 heteroatoms. The van der Waals surface area contributed by atoms with Gasteiger partial charge in [-0.25, -0.2) is 9.79 Å². The van der Waals surface area contributed by atoms with Gasteiger partial charge in [-0.3, -0.25) is 9.36 Å². The highest BCUT2D eigenvalue weighted by Crippen LogP contribution is 2.31. The third kappa shape index (κ3) is 4.03. The van der Waals surface area contributed by atoms with Gasteiger partial charge in [0.15, 0.2) is 4.80 Å². The van der Waals surface area contributed by atoms with E-state index in [0.29, 0.717) is 26.5 Å². The van der Waals surface area contributed by atoms with Gasteiger partial charge in [-0.1, -0.05) is 67.6 Å². The number of nitrogens with one attached hydrogen (secondary N) is 1. The molecule has 0 aliphatic carbocycles. The Morgan fingerprint density at radius 1 is 1.17 bits per heavy atom. The van der Waals surface area contributed by atoms with E-state index in [1.54, 1.807) is 11.5 Å². The molecule has 184 valence electrons. The predicted molar refractivity (Wildman–Crippen MR) is 144 cm³/mol. The molecule has 0 unspecified atom stereocenters. The number of aryl methyl sites for hydroxylation is 1. The molecule has 0 spiro atoms. The van der Waals surface area contributed by atoms with Crippen LogP contribution in [0.15, 0.2) is 69.6 Å². The second-order valence-electron chi connectivity index (χ2n) is 9.33. The molecule has 3 heterocycles. The molecule has 5 rings (SSSR count). The summed E-state index contributed by atoms with van der Waals surface area (Å²) < 4.78 is 7.61. The largest absolute Gasteiger partial charge is 0.463 e. The Labute approximate surface area is 213 Å². The van der Waals surface area contributed by atoms with Gasteiger partial charge in [0.25, 0.3) is 5.56 Å². The van der Waals surface area contributed by atoms with Gasteiger partial charge in [-0.15, -0.1) is 0 Å². The van der Waals surface area contributed by atoms with Crippen LogP contribution in [0.5, 0.6) is 0 Å². The smallest absolute Gasteiger partial charge is 0.338 e. The van der Waals surface area contributed by atoms with Gasteiger partial charge in [-0.05, 0) is 50.0 Å². The normalized spacial score (nSPS) is 15.9. The Morgan fingerprint density at radius 2 is 1.89 bits per heavy atom. The van der Waals surface area contributed by atoms with Gasteiger partial charge in [0.05, 0.1) is 28.5 Å². The second kappa shape index (κ2) is 9.39. The van der Waals surface area contributed by atoms with Gasteiger partial charge in [0.1, 0.15) is 0 Å². The van der Waals surface area contributed by atoms with E-state index in [1.165, 1.54) is 16.9 Å². The Balaban J connectivity index is 1.74. The summed E-state index contributed by atoms with van der Waals surface area (Å²) in [5, 5.41) is 1.06. The molecule has 1 aliphatic rings. The first-order valence-electron chi connectivity index (χ1n) is 12.2.